The fraction of sp³-hybridized carbons (Fsp3) is 0.471. The first-order chi connectivity index (χ1) is 13.7. The first-order valence-corrected chi connectivity index (χ1v) is 9.91. The fourth-order valence-electron chi connectivity index (χ4n) is 3.18. The van der Waals surface area contributed by atoms with Gasteiger partial charge in [0, 0.05) is 57.0 Å². The Hall–Kier alpha value is -2.79. The summed E-state index contributed by atoms with van der Waals surface area (Å²) in [6.45, 7) is 4.58. The van der Waals surface area contributed by atoms with Gasteiger partial charge in [0.2, 0.25) is 0 Å². The van der Waals surface area contributed by atoms with Crippen LogP contribution in [-0.2, 0) is 4.74 Å². The van der Waals surface area contributed by atoms with Gasteiger partial charge in [-0.05, 0) is 12.1 Å². The summed E-state index contributed by atoms with van der Waals surface area (Å²) in [5, 5.41) is 7.12. The lowest BCUT2D eigenvalue weighted by Crippen LogP contribution is -2.49. The molecule has 0 spiro atoms. The van der Waals surface area contributed by atoms with E-state index in [-0.39, 0.29) is 17.6 Å². The second kappa shape index (κ2) is 8.48. The number of pyridine rings is 1. The zero-order valence-corrected chi connectivity index (χ0v) is 16.1. The second-order valence-corrected chi connectivity index (χ2v) is 7.20. The van der Waals surface area contributed by atoms with Crippen molar-refractivity contribution in [3.8, 4) is 0 Å². The largest absolute Gasteiger partial charge is 0.378 e. The van der Waals surface area contributed by atoms with Crippen LogP contribution in [0.2, 0.25) is 0 Å². The molecule has 0 radical (unpaired) electrons. The van der Waals surface area contributed by atoms with E-state index in [9.17, 15) is 9.59 Å². The van der Waals surface area contributed by atoms with Gasteiger partial charge in [-0.1, -0.05) is 10.6 Å². The molecule has 0 aliphatic carbocycles. The number of morpholine rings is 1. The molecule has 2 saturated heterocycles. The first-order valence-electron chi connectivity index (χ1n) is 9.13. The summed E-state index contributed by atoms with van der Waals surface area (Å²) in [6, 6.07) is 5.53. The number of nitrogens with one attached hydrogen (secondary N) is 1. The molecule has 4 rings (SSSR count). The summed E-state index contributed by atoms with van der Waals surface area (Å²) >= 11 is 1.01. The van der Waals surface area contributed by atoms with Crippen LogP contribution in [0.1, 0.15) is 10.5 Å². The van der Waals surface area contributed by atoms with E-state index in [1.165, 1.54) is 0 Å². The zero-order chi connectivity index (χ0) is 19.3. The molecule has 0 bridgehead atoms. The molecule has 0 atom stereocenters. The van der Waals surface area contributed by atoms with Crippen molar-refractivity contribution in [2.24, 2.45) is 0 Å². The van der Waals surface area contributed by atoms with Crippen LogP contribution in [0.3, 0.4) is 0 Å². The van der Waals surface area contributed by atoms with E-state index >= 15 is 0 Å². The monoisotopic (exact) mass is 403 g/mol. The Balaban J connectivity index is 1.37. The number of carbonyl (C=O) groups is 2. The fourth-order valence-corrected chi connectivity index (χ4v) is 3.74. The quantitative estimate of drug-likeness (QED) is 0.807. The number of piperazine rings is 1. The van der Waals surface area contributed by atoms with E-state index in [0.717, 1.165) is 17.4 Å². The van der Waals surface area contributed by atoms with E-state index in [4.69, 9.17) is 4.74 Å². The van der Waals surface area contributed by atoms with Gasteiger partial charge in [-0.2, -0.15) is 0 Å². The number of rotatable bonds is 3. The number of hydrogen-bond donors (Lipinski definition) is 1. The molecule has 2 fully saturated rings. The Labute approximate surface area is 166 Å². The van der Waals surface area contributed by atoms with E-state index in [1.54, 1.807) is 16.0 Å². The third-order valence-corrected chi connectivity index (χ3v) is 5.39. The Bertz CT molecular complexity index is 817. The van der Waals surface area contributed by atoms with Gasteiger partial charge in [-0.25, -0.2) is 9.78 Å². The molecule has 2 aliphatic rings. The van der Waals surface area contributed by atoms with E-state index < -0.39 is 0 Å². The predicted molar refractivity (Wildman–Crippen MR) is 104 cm³/mol. The average Bonchev–Trinajstić information content (AvgIpc) is 3.22. The highest BCUT2D eigenvalue weighted by Crippen LogP contribution is 2.21. The summed E-state index contributed by atoms with van der Waals surface area (Å²) in [5.41, 5.74) is 0.192. The smallest absolute Gasteiger partial charge is 0.322 e. The SMILES string of the molecule is O=C(Nc1snnc1C(=O)N1CCN(c2ccccn2)CC1)N1CCOCC1. The lowest BCUT2D eigenvalue weighted by Gasteiger charge is -2.35. The molecule has 28 heavy (non-hydrogen) atoms. The second-order valence-electron chi connectivity index (χ2n) is 6.45. The first kappa shape index (κ1) is 18.6. The molecule has 148 valence electrons. The number of anilines is 2. The van der Waals surface area contributed by atoms with Gasteiger partial charge in [0.25, 0.3) is 5.91 Å². The molecule has 10 nitrogen and oxygen atoms in total. The molecule has 2 aromatic rings. The normalized spacial score (nSPS) is 17.5. The van der Waals surface area contributed by atoms with Crippen molar-refractivity contribution in [3.63, 3.8) is 0 Å². The lowest BCUT2D eigenvalue weighted by atomic mass is 10.2. The maximum atomic E-state index is 12.9. The molecule has 1 N–H and O–H groups in total. The summed E-state index contributed by atoms with van der Waals surface area (Å²) in [5.74, 6) is 0.690. The van der Waals surface area contributed by atoms with Crippen LogP contribution in [0.4, 0.5) is 15.6 Å². The topological polar surface area (TPSA) is 104 Å². The molecule has 0 unspecified atom stereocenters. The van der Waals surface area contributed by atoms with Gasteiger partial charge in [-0.3, -0.25) is 10.1 Å². The summed E-state index contributed by atoms with van der Waals surface area (Å²) in [6.07, 6.45) is 1.76. The van der Waals surface area contributed by atoms with Crippen LogP contribution in [0.15, 0.2) is 24.4 Å². The number of aromatic nitrogens is 3. The summed E-state index contributed by atoms with van der Waals surface area (Å²) in [4.78, 5) is 35.2. The molecular weight excluding hydrogens is 382 g/mol. The van der Waals surface area contributed by atoms with Gasteiger partial charge in [0.15, 0.2) is 10.7 Å². The highest BCUT2D eigenvalue weighted by molar-refractivity contribution is 7.10. The van der Waals surface area contributed by atoms with Crippen molar-refractivity contribution in [1.29, 1.82) is 0 Å². The summed E-state index contributed by atoms with van der Waals surface area (Å²) < 4.78 is 9.12. The third-order valence-electron chi connectivity index (χ3n) is 4.75. The Morgan fingerprint density at radius 3 is 2.54 bits per heavy atom. The Morgan fingerprint density at radius 2 is 1.82 bits per heavy atom. The van der Waals surface area contributed by atoms with Gasteiger partial charge < -0.3 is 19.4 Å². The Morgan fingerprint density at radius 1 is 1.04 bits per heavy atom. The molecule has 11 heteroatoms. The summed E-state index contributed by atoms with van der Waals surface area (Å²) in [7, 11) is 0. The van der Waals surface area contributed by atoms with Crippen LogP contribution < -0.4 is 10.2 Å². The number of amides is 3. The van der Waals surface area contributed by atoms with Crippen molar-refractivity contribution < 1.29 is 14.3 Å². The predicted octanol–water partition coefficient (Wildman–Crippen LogP) is 0.760. The molecule has 2 aliphatic heterocycles. The maximum Gasteiger partial charge on any atom is 0.322 e. The third kappa shape index (κ3) is 4.04. The van der Waals surface area contributed by atoms with E-state index in [2.05, 4.69) is 24.8 Å². The van der Waals surface area contributed by atoms with Crippen molar-refractivity contribution in [3.05, 3.63) is 30.1 Å². The molecule has 3 amide bonds. The number of carbonyl (C=O) groups excluding carboxylic acids is 2. The number of urea groups is 1. The van der Waals surface area contributed by atoms with Gasteiger partial charge in [0.05, 0.1) is 13.2 Å². The van der Waals surface area contributed by atoms with E-state index in [1.807, 2.05) is 18.2 Å². The minimum absolute atomic E-state index is 0.192. The van der Waals surface area contributed by atoms with Gasteiger partial charge >= 0.3 is 6.03 Å². The van der Waals surface area contributed by atoms with Gasteiger partial charge in [-0.15, -0.1) is 5.10 Å². The molecule has 0 aromatic carbocycles. The molecule has 0 saturated carbocycles. The number of hydrogen-bond acceptors (Lipinski definition) is 8. The van der Waals surface area contributed by atoms with Crippen LogP contribution in [0.5, 0.6) is 0 Å². The minimum Gasteiger partial charge on any atom is -0.378 e. The minimum atomic E-state index is -0.261. The highest BCUT2D eigenvalue weighted by Gasteiger charge is 2.28. The maximum absolute atomic E-state index is 12.9. The van der Waals surface area contributed by atoms with Crippen molar-refractivity contribution in [2.45, 2.75) is 0 Å². The standard InChI is InChI=1S/C17H21N7O3S/c25-16(23-7-5-22(6-8-23)13-3-1-2-4-18-13)14-15(28-21-20-14)19-17(26)24-9-11-27-12-10-24/h1-4H,5-12H2,(H,19,26). The molecule has 2 aromatic heterocycles. The van der Waals surface area contributed by atoms with Crippen LogP contribution in [-0.4, -0.2) is 88.8 Å². The van der Waals surface area contributed by atoms with Crippen molar-refractivity contribution in [2.75, 3.05) is 62.7 Å². The lowest BCUT2D eigenvalue weighted by molar-refractivity contribution is 0.0564. The highest BCUT2D eigenvalue weighted by atomic mass is 32.1. The Kier molecular flexibility index (Phi) is 5.63. The average molecular weight is 403 g/mol. The zero-order valence-electron chi connectivity index (χ0n) is 15.3. The van der Waals surface area contributed by atoms with Crippen molar-refractivity contribution >= 4 is 34.3 Å². The van der Waals surface area contributed by atoms with Crippen LogP contribution in [0.25, 0.3) is 0 Å². The molecule has 4 heterocycles. The van der Waals surface area contributed by atoms with Crippen LogP contribution >= 0.6 is 11.5 Å². The number of nitrogens with zero attached hydrogens (tertiary/aromatic N) is 6. The molecular formula is C17H21N7O3S. The van der Waals surface area contributed by atoms with Gasteiger partial charge in [0.1, 0.15) is 5.82 Å². The van der Waals surface area contributed by atoms with Crippen molar-refractivity contribution in [1.82, 2.24) is 24.4 Å². The number of ether oxygens (including phenoxy) is 1. The van der Waals surface area contributed by atoms with Crippen LogP contribution in [0, 0.1) is 0 Å². The van der Waals surface area contributed by atoms with E-state index in [0.29, 0.717) is 57.5 Å².